The predicted molar refractivity (Wildman–Crippen MR) is 64.3 cm³/mol. The number of nitrogens with two attached hydrogens (primary N) is 1. The number of hydrogen-bond acceptors (Lipinski definition) is 5. The third-order valence-electron chi connectivity index (χ3n) is 2.88. The second-order valence-electron chi connectivity index (χ2n) is 4.29. The van der Waals surface area contributed by atoms with Gasteiger partial charge in [0.2, 0.25) is 11.7 Å². The quantitative estimate of drug-likeness (QED) is 0.874. The fourth-order valence-corrected chi connectivity index (χ4v) is 1.48. The van der Waals surface area contributed by atoms with Gasteiger partial charge in [-0.25, -0.2) is 0 Å². The predicted octanol–water partition coefficient (Wildman–Crippen LogP) is 1.89. The van der Waals surface area contributed by atoms with Crippen molar-refractivity contribution < 1.29 is 4.52 Å². The van der Waals surface area contributed by atoms with Crippen molar-refractivity contribution in [2.75, 3.05) is 0 Å². The molecular weight excluding hydrogens is 216 g/mol. The van der Waals surface area contributed by atoms with E-state index in [9.17, 15) is 0 Å². The molecule has 0 fully saturated rings. The van der Waals surface area contributed by atoms with E-state index in [1.54, 1.807) is 12.4 Å². The molecule has 0 aliphatic carbocycles. The van der Waals surface area contributed by atoms with Gasteiger partial charge in [0.1, 0.15) is 0 Å². The monoisotopic (exact) mass is 232 g/mol. The van der Waals surface area contributed by atoms with Gasteiger partial charge in [-0.15, -0.1) is 0 Å². The van der Waals surface area contributed by atoms with Crippen LogP contribution < -0.4 is 5.73 Å². The molecule has 2 N–H and O–H groups in total. The van der Waals surface area contributed by atoms with E-state index in [1.807, 2.05) is 26.8 Å². The highest BCUT2D eigenvalue weighted by molar-refractivity contribution is 5.57. The SMILES string of the molecule is Cc1cnccc1-c1noc(C(C)C(C)N)n1. The van der Waals surface area contributed by atoms with E-state index in [4.69, 9.17) is 10.3 Å². The van der Waals surface area contributed by atoms with Crippen molar-refractivity contribution >= 4 is 0 Å². The lowest BCUT2D eigenvalue weighted by atomic mass is 10.1. The standard InChI is InChI=1S/C12H16N4O/c1-7-6-14-5-4-10(7)11-15-12(17-16-11)8(2)9(3)13/h4-6,8-9H,13H2,1-3H3. The van der Waals surface area contributed by atoms with Gasteiger partial charge < -0.3 is 10.3 Å². The third-order valence-corrected chi connectivity index (χ3v) is 2.88. The van der Waals surface area contributed by atoms with Crippen LogP contribution in [-0.4, -0.2) is 21.2 Å². The first kappa shape index (κ1) is 11.7. The van der Waals surface area contributed by atoms with E-state index in [1.165, 1.54) is 0 Å². The minimum Gasteiger partial charge on any atom is -0.339 e. The van der Waals surface area contributed by atoms with Crippen LogP contribution in [0.25, 0.3) is 11.4 Å². The molecule has 5 nitrogen and oxygen atoms in total. The second-order valence-corrected chi connectivity index (χ2v) is 4.29. The van der Waals surface area contributed by atoms with Gasteiger partial charge in [0.05, 0.1) is 5.92 Å². The molecule has 0 saturated carbocycles. The zero-order chi connectivity index (χ0) is 12.4. The molecule has 2 aromatic heterocycles. The van der Waals surface area contributed by atoms with Crippen LogP contribution in [0.1, 0.15) is 31.2 Å². The van der Waals surface area contributed by atoms with Crippen LogP contribution in [0.3, 0.4) is 0 Å². The first-order chi connectivity index (χ1) is 8.09. The van der Waals surface area contributed by atoms with Crippen molar-refractivity contribution in [3.63, 3.8) is 0 Å². The highest BCUT2D eigenvalue weighted by Gasteiger charge is 2.18. The van der Waals surface area contributed by atoms with Crippen molar-refractivity contribution in [3.8, 4) is 11.4 Å². The van der Waals surface area contributed by atoms with E-state index >= 15 is 0 Å². The third kappa shape index (κ3) is 2.34. The van der Waals surface area contributed by atoms with Crippen molar-refractivity contribution in [1.29, 1.82) is 0 Å². The van der Waals surface area contributed by atoms with Gasteiger partial charge in [-0.1, -0.05) is 12.1 Å². The Labute approximate surface area is 100 Å². The van der Waals surface area contributed by atoms with Crippen LogP contribution >= 0.6 is 0 Å². The van der Waals surface area contributed by atoms with Gasteiger partial charge in [-0.2, -0.15) is 4.98 Å². The topological polar surface area (TPSA) is 77.8 Å². The molecule has 0 amide bonds. The fraction of sp³-hybridized carbons (Fsp3) is 0.417. The zero-order valence-electron chi connectivity index (χ0n) is 10.2. The number of aromatic nitrogens is 3. The van der Waals surface area contributed by atoms with Gasteiger partial charge in [0, 0.05) is 24.0 Å². The summed E-state index contributed by atoms with van der Waals surface area (Å²) in [4.78, 5) is 8.41. The van der Waals surface area contributed by atoms with E-state index in [0.717, 1.165) is 11.1 Å². The normalized spacial score (nSPS) is 14.6. The van der Waals surface area contributed by atoms with Gasteiger partial charge in [-0.05, 0) is 25.5 Å². The Morgan fingerprint density at radius 2 is 2.12 bits per heavy atom. The van der Waals surface area contributed by atoms with Crippen molar-refractivity contribution in [1.82, 2.24) is 15.1 Å². The molecule has 0 aliphatic rings. The average Bonchev–Trinajstić information content (AvgIpc) is 2.77. The van der Waals surface area contributed by atoms with Gasteiger partial charge in [0.15, 0.2) is 0 Å². The van der Waals surface area contributed by atoms with Gasteiger partial charge in [0.25, 0.3) is 0 Å². The summed E-state index contributed by atoms with van der Waals surface area (Å²) in [6.07, 6.45) is 3.49. The van der Waals surface area contributed by atoms with Crippen LogP contribution in [0.4, 0.5) is 0 Å². The average molecular weight is 232 g/mol. The van der Waals surface area contributed by atoms with Gasteiger partial charge in [-0.3, -0.25) is 4.98 Å². The number of nitrogens with zero attached hydrogens (tertiary/aromatic N) is 3. The molecule has 0 radical (unpaired) electrons. The summed E-state index contributed by atoms with van der Waals surface area (Å²) in [5.41, 5.74) is 7.77. The van der Waals surface area contributed by atoms with Crippen LogP contribution in [0.5, 0.6) is 0 Å². The van der Waals surface area contributed by atoms with Crippen molar-refractivity contribution in [2.45, 2.75) is 32.7 Å². The van der Waals surface area contributed by atoms with Gasteiger partial charge >= 0.3 is 0 Å². The Bertz CT molecular complexity index is 507. The Hall–Kier alpha value is -1.75. The second kappa shape index (κ2) is 4.63. The molecular formula is C12H16N4O. The van der Waals surface area contributed by atoms with Crippen molar-refractivity contribution in [3.05, 3.63) is 29.9 Å². The van der Waals surface area contributed by atoms with Crippen LogP contribution in [0.15, 0.2) is 23.0 Å². The first-order valence-corrected chi connectivity index (χ1v) is 5.59. The molecule has 2 unspecified atom stereocenters. The van der Waals surface area contributed by atoms with E-state index < -0.39 is 0 Å². The van der Waals surface area contributed by atoms with Crippen molar-refractivity contribution in [2.24, 2.45) is 5.73 Å². The maximum atomic E-state index is 5.81. The summed E-state index contributed by atoms with van der Waals surface area (Å²) < 4.78 is 5.24. The smallest absolute Gasteiger partial charge is 0.231 e. The molecule has 5 heteroatoms. The Morgan fingerprint density at radius 3 is 2.76 bits per heavy atom. The first-order valence-electron chi connectivity index (χ1n) is 5.59. The zero-order valence-corrected chi connectivity index (χ0v) is 10.2. The minimum atomic E-state index is -0.0122. The lowest BCUT2D eigenvalue weighted by Crippen LogP contribution is -2.22. The van der Waals surface area contributed by atoms with E-state index in [2.05, 4.69) is 15.1 Å². The highest BCUT2D eigenvalue weighted by Crippen LogP contribution is 2.22. The summed E-state index contributed by atoms with van der Waals surface area (Å²) in [5, 5.41) is 3.98. The molecule has 2 atom stereocenters. The summed E-state index contributed by atoms with van der Waals surface area (Å²) in [6.45, 7) is 5.86. The molecule has 2 rings (SSSR count). The molecule has 90 valence electrons. The molecule has 0 saturated heterocycles. The summed E-state index contributed by atoms with van der Waals surface area (Å²) in [6, 6.07) is 1.86. The Balaban J connectivity index is 2.34. The maximum Gasteiger partial charge on any atom is 0.231 e. The number of hydrogen-bond donors (Lipinski definition) is 1. The summed E-state index contributed by atoms with van der Waals surface area (Å²) >= 11 is 0. The Morgan fingerprint density at radius 1 is 1.35 bits per heavy atom. The molecule has 2 aromatic rings. The minimum absolute atomic E-state index is 0.0122. The van der Waals surface area contributed by atoms with E-state index in [-0.39, 0.29) is 12.0 Å². The molecule has 17 heavy (non-hydrogen) atoms. The molecule has 0 bridgehead atoms. The lowest BCUT2D eigenvalue weighted by Gasteiger charge is -2.09. The molecule has 0 spiro atoms. The Kier molecular flexibility index (Phi) is 3.19. The molecule has 0 aromatic carbocycles. The number of rotatable bonds is 3. The number of aryl methyl sites for hydroxylation is 1. The van der Waals surface area contributed by atoms with Crippen LogP contribution in [0.2, 0.25) is 0 Å². The largest absolute Gasteiger partial charge is 0.339 e. The van der Waals surface area contributed by atoms with E-state index in [0.29, 0.717) is 11.7 Å². The summed E-state index contributed by atoms with van der Waals surface area (Å²) in [5.74, 6) is 1.22. The molecule has 2 heterocycles. The summed E-state index contributed by atoms with van der Waals surface area (Å²) in [7, 11) is 0. The van der Waals surface area contributed by atoms with Crippen LogP contribution in [0, 0.1) is 6.92 Å². The maximum absolute atomic E-state index is 5.81. The van der Waals surface area contributed by atoms with Crippen LogP contribution in [-0.2, 0) is 0 Å². The fourth-order valence-electron chi connectivity index (χ4n) is 1.48. The number of pyridine rings is 1. The highest BCUT2D eigenvalue weighted by atomic mass is 16.5. The lowest BCUT2D eigenvalue weighted by molar-refractivity contribution is 0.346. The molecule has 0 aliphatic heterocycles.